The van der Waals surface area contributed by atoms with E-state index in [2.05, 4.69) is 5.32 Å². The van der Waals surface area contributed by atoms with Crippen LogP contribution in [-0.2, 0) is 11.2 Å². The van der Waals surface area contributed by atoms with Gasteiger partial charge in [-0.2, -0.15) is 0 Å². The van der Waals surface area contributed by atoms with Gasteiger partial charge in [0.2, 0.25) is 5.91 Å². The molecule has 0 radical (unpaired) electrons. The van der Waals surface area contributed by atoms with E-state index in [9.17, 15) is 4.79 Å². The molecule has 0 aliphatic carbocycles. The maximum Gasteiger partial charge on any atom is 0.244 e. The summed E-state index contributed by atoms with van der Waals surface area (Å²) in [6, 6.07) is 15.5. The van der Waals surface area contributed by atoms with Gasteiger partial charge in [0.25, 0.3) is 0 Å². The second kappa shape index (κ2) is 8.63. The molecule has 0 heterocycles. The van der Waals surface area contributed by atoms with Gasteiger partial charge in [-0.3, -0.25) is 4.79 Å². The fourth-order valence-electron chi connectivity index (χ4n) is 2.16. The van der Waals surface area contributed by atoms with Gasteiger partial charge in [-0.25, -0.2) is 0 Å². The number of hydrogen-bond acceptors (Lipinski definition) is 3. The minimum atomic E-state index is -0.102. The minimum absolute atomic E-state index is 0.102. The average Bonchev–Trinajstić information content (AvgIpc) is 2.60. The van der Waals surface area contributed by atoms with E-state index in [0.717, 1.165) is 17.5 Å². The second-order valence-corrected chi connectivity index (χ2v) is 4.97. The van der Waals surface area contributed by atoms with E-state index < -0.39 is 0 Å². The lowest BCUT2D eigenvalue weighted by Gasteiger charge is -2.09. The highest BCUT2D eigenvalue weighted by molar-refractivity contribution is 5.91. The van der Waals surface area contributed by atoms with Gasteiger partial charge in [-0.05, 0) is 35.8 Å². The summed E-state index contributed by atoms with van der Waals surface area (Å²) < 4.78 is 10.5. The van der Waals surface area contributed by atoms with Gasteiger partial charge in [0.15, 0.2) is 11.5 Å². The third kappa shape index (κ3) is 5.18. The molecule has 1 N–H and O–H groups in total. The van der Waals surface area contributed by atoms with Gasteiger partial charge in [0.1, 0.15) is 0 Å². The molecule has 0 bridgehead atoms. The quantitative estimate of drug-likeness (QED) is 0.799. The first-order valence-corrected chi connectivity index (χ1v) is 7.45. The number of rotatable bonds is 7. The summed E-state index contributed by atoms with van der Waals surface area (Å²) >= 11 is 0. The first kappa shape index (κ1) is 16.6. The van der Waals surface area contributed by atoms with Crippen molar-refractivity contribution in [1.29, 1.82) is 0 Å². The van der Waals surface area contributed by atoms with Crippen LogP contribution in [0.1, 0.15) is 11.1 Å². The Labute approximate surface area is 136 Å². The number of hydrogen-bond donors (Lipinski definition) is 1. The van der Waals surface area contributed by atoms with Crippen molar-refractivity contribution in [3.05, 3.63) is 65.7 Å². The first-order chi connectivity index (χ1) is 11.2. The van der Waals surface area contributed by atoms with Gasteiger partial charge in [0, 0.05) is 12.6 Å². The summed E-state index contributed by atoms with van der Waals surface area (Å²) in [6.07, 6.45) is 4.07. The van der Waals surface area contributed by atoms with Gasteiger partial charge in [-0.1, -0.05) is 36.4 Å². The average molecular weight is 311 g/mol. The molecule has 4 heteroatoms. The Morgan fingerprint density at radius 1 is 1.04 bits per heavy atom. The van der Waals surface area contributed by atoms with Crippen LogP contribution in [0.25, 0.3) is 6.08 Å². The van der Waals surface area contributed by atoms with Gasteiger partial charge < -0.3 is 14.8 Å². The van der Waals surface area contributed by atoms with Crippen LogP contribution in [0.3, 0.4) is 0 Å². The Hall–Kier alpha value is -2.75. The van der Waals surface area contributed by atoms with Crippen LogP contribution in [0.5, 0.6) is 11.5 Å². The SMILES string of the molecule is COc1ccc(CCNC(=O)/C=C/c2ccccc2)cc1OC. The van der Waals surface area contributed by atoms with E-state index in [1.807, 2.05) is 48.5 Å². The minimum Gasteiger partial charge on any atom is -0.493 e. The molecule has 0 fully saturated rings. The van der Waals surface area contributed by atoms with Crippen molar-refractivity contribution >= 4 is 12.0 Å². The normalized spacial score (nSPS) is 10.5. The van der Waals surface area contributed by atoms with E-state index >= 15 is 0 Å². The molecule has 4 nitrogen and oxygen atoms in total. The summed E-state index contributed by atoms with van der Waals surface area (Å²) in [7, 11) is 3.22. The number of carbonyl (C=O) groups is 1. The summed E-state index contributed by atoms with van der Waals surface area (Å²) in [5.41, 5.74) is 2.08. The number of benzene rings is 2. The zero-order valence-corrected chi connectivity index (χ0v) is 13.4. The number of ether oxygens (including phenoxy) is 2. The van der Waals surface area contributed by atoms with Crippen LogP contribution in [0.4, 0.5) is 0 Å². The lowest BCUT2D eigenvalue weighted by atomic mass is 10.1. The Balaban J connectivity index is 1.82. The molecular formula is C19H21NO3. The lowest BCUT2D eigenvalue weighted by molar-refractivity contribution is -0.116. The Bertz CT molecular complexity index is 666. The topological polar surface area (TPSA) is 47.6 Å². The highest BCUT2D eigenvalue weighted by Crippen LogP contribution is 2.27. The van der Waals surface area contributed by atoms with E-state index in [1.54, 1.807) is 26.4 Å². The van der Waals surface area contributed by atoms with Gasteiger partial charge in [-0.15, -0.1) is 0 Å². The van der Waals surface area contributed by atoms with E-state index in [0.29, 0.717) is 18.0 Å². The van der Waals surface area contributed by atoms with Crippen LogP contribution >= 0.6 is 0 Å². The van der Waals surface area contributed by atoms with E-state index in [-0.39, 0.29) is 5.91 Å². The molecule has 2 aromatic carbocycles. The first-order valence-electron chi connectivity index (χ1n) is 7.45. The van der Waals surface area contributed by atoms with Crippen LogP contribution in [0.15, 0.2) is 54.6 Å². The maximum atomic E-state index is 11.8. The predicted octanol–water partition coefficient (Wildman–Crippen LogP) is 3.08. The molecule has 0 spiro atoms. The van der Waals surface area contributed by atoms with Crippen LogP contribution in [-0.4, -0.2) is 26.7 Å². The maximum absolute atomic E-state index is 11.8. The highest BCUT2D eigenvalue weighted by Gasteiger charge is 2.04. The monoisotopic (exact) mass is 311 g/mol. The molecular weight excluding hydrogens is 290 g/mol. The summed E-state index contributed by atoms with van der Waals surface area (Å²) in [5.74, 6) is 1.29. The summed E-state index contributed by atoms with van der Waals surface area (Å²) in [6.45, 7) is 0.563. The molecule has 0 atom stereocenters. The third-order valence-corrected chi connectivity index (χ3v) is 3.39. The van der Waals surface area contributed by atoms with Gasteiger partial charge in [0.05, 0.1) is 14.2 Å². The molecule has 2 aromatic rings. The molecule has 1 amide bonds. The molecule has 0 saturated heterocycles. The second-order valence-electron chi connectivity index (χ2n) is 4.97. The highest BCUT2D eigenvalue weighted by atomic mass is 16.5. The molecule has 2 rings (SSSR count). The molecule has 0 aromatic heterocycles. The van der Waals surface area contributed by atoms with Crippen LogP contribution in [0, 0.1) is 0 Å². The van der Waals surface area contributed by atoms with Crippen LogP contribution in [0.2, 0.25) is 0 Å². The van der Waals surface area contributed by atoms with Crippen molar-refractivity contribution in [3.8, 4) is 11.5 Å². The molecule has 0 saturated carbocycles. The van der Waals surface area contributed by atoms with Gasteiger partial charge >= 0.3 is 0 Å². The van der Waals surface area contributed by atoms with Crippen molar-refractivity contribution in [2.45, 2.75) is 6.42 Å². The fourth-order valence-corrected chi connectivity index (χ4v) is 2.16. The molecule has 0 aliphatic rings. The smallest absolute Gasteiger partial charge is 0.244 e. The molecule has 23 heavy (non-hydrogen) atoms. The number of amides is 1. The van der Waals surface area contributed by atoms with Crippen molar-refractivity contribution in [3.63, 3.8) is 0 Å². The van der Waals surface area contributed by atoms with Crippen molar-refractivity contribution in [2.24, 2.45) is 0 Å². The molecule has 0 unspecified atom stereocenters. The van der Waals surface area contributed by atoms with Crippen molar-refractivity contribution in [1.82, 2.24) is 5.32 Å². The number of carbonyl (C=O) groups excluding carboxylic acids is 1. The number of methoxy groups -OCH3 is 2. The van der Waals surface area contributed by atoms with Crippen LogP contribution < -0.4 is 14.8 Å². The molecule has 120 valence electrons. The summed E-state index contributed by atoms with van der Waals surface area (Å²) in [4.78, 5) is 11.8. The fraction of sp³-hybridized carbons (Fsp3) is 0.211. The Kier molecular flexibility index (Phi) is 6.24. The standard InChI is InChI=1S/C19H21NO3/c1-22-17-10-8-16(14-18(17)23-2)12-13-20-19(21)11-9-15-6-4-3-5-7-15/h3-11,14H,12-13H2,1-2H3,(H,20,21)/b11-9+. The van der Waals surface area contributed by atoms with E-state index in [1.165, 1.54) is 0 Å². The van der Waals surface area contributed by atoms with Crippen molar-refractivity contribution < 1.29 is 14.3 Å². The Morgan fingerprint density at radius 3 is 2.48 bits per heavy atom. The Morgan fingerprint density at radius 2 is 1.78 bits per heavy atom. The zero-order chi connectivity index (χ0) is 16.5. The summed E-state index contributed by atoms with van der Waals surface area (Å²) in [5, 5.41) is 2.87. The predicted molar refractivity (Wildman–Crippen MR) is 91.7 cm³/mol. The number of nitrogens with one attached hydrogen (secondary N) is 1. The largest absolute Gasteiger partial charge is 0.493 e. The molecule has 0 aliphatic heterocycles. The van der Waals surface area contributed by atoms with E-state index in [4.69, 9.17) is 9.47 Å². The lowest BCUT2D eigenvalue weighted by Crippen LogP contribution is -2.23. The zero-order valence-electron chi connectivity index (χ0n) is 13.4. The van der Waals surface area contributed by atoms with Crippen molar-refractivity contribution in [2.75, 3.05) is 20.8 Å². The third-order valence-electron chi connectivity index (χ3n) is 3.39.